The summed E-state index contributed by atoms with van der Waals surface area (Å²) in [6.07, 6.45) is 1.70. The maximum atomic E-state index is 13.2. The van der Waals surface area contributed by atoms with Gasteiger partial charge in [-0.15, -0.1) is 11.3 Å². The summed E-state index contributed by atoms with van der Waals surface area (Å²) in [4.78, 5) is 37.4. The lowest BCUT2D eigenvalue weighted by molar-refractivity contribution is -0.119. The minimum atomic E-state index is -0.694. The third kappa shape index (κ3) is 4.69. The van der Waals surface area contributed by atoms with Gasteiger partial charge in [0.25, 0.3) is 5.91 Å². The van der Waals surface area contributed by atoms with Gasteiger partial charge in [0.2, 0.25) is 5.91 Å². The first-order chi connectivity index (χ1) is 13.3. The summed E-state index contributed by atoms with van der Waals surface area (Å²) in [5.41, 5.74) is 1.24. The van der Waals surface area contributed by atoms with Crippen LogP contribution in [0, 0.1) is 25.6 Å². The van der Waals surface area contributed by atoms with Crippen molar-refractivity contribution < 1.29 is 23.5 Å². The maximum Gasteiger partial charge on any atom is 0.341 e. The maximum absolute atomic E-state index is 13.2. The minimum Gasteiger partial charge on any atom is -0.452 e. The van der Waals surface area contributed by atoms with Crippen LogP contribution in [0.3, 0.4) is 0 Å². The second-order valence-corrected chi connectivity index (χ2v) is 8.14. The molecule has 0 bridgehead atoms. The normalized spacial score (nSPS) is 13.1. The number of carbonyl (C=O) groups excluding carboxylic acids is 3. The zero-order valence-electron chi connectivity index (χ0n) is 15.2. The highest BCUT2D eigenvalue weighted by molar-refractivity contribution is 7.16. The van der Waals surface area contributed by atoms with Crippen LogP contribution < -0.4 is 10.6 Å². The third-order valence-corrected chi connectivity index (χ3v) is 5.72. The molecule has 148 valence electrons. The monoisotopic (exact) mass is 424 g/mol. The number of aryl methyl sites for hydroxylation is 1. The molecular weight excluding hydrogens is 407 g/mol. The van der Waals surface area contributed by atoms with Gasteiger partial charge in [-0.25, -0.2) is 9.18 Å². The van der Waals surface area contributed by atoms with E-state index in [-0.39, 0.29) is 28.1 Å². The summed E-state index contributed by atoms with van der Waals surface area (Å²) >= 11 is 6.96. The Balaban J connectivity index is 1.63. The van der Waals surface area contributed by atoms with E-state index in [0.29, 0.717) is 10.6 Å². The number of rotatable bonds is 6. The van der Waals surface area contributed by atoms with Crippen LogP contribution in [0.25, 0.3) is 0 Å². The number of carbonyl (C=O) groups is 3. The van der Waals surface area contributed by atoms with Gasteiger partial charge in [-0.1, -0.05) is 11.6 Å². The van der Waals surface area contributed by atoms with Crippen molar-refractivity contribution in [1.82, 2.24) is 0 Å². The van der Waals surface area contributed by atoms with Gasteiger partial charge in [0.05, 0.1) is 10.6 Å². The Bertz CT molecular complexity index is 956. The number of thiophene rings is 1. The fourth-order valence-electron chi connectivity index (χ4n) is 2.49. The average molecular weight is 425 g/mol. The quantitative estimate of drug-likeness (QED) is 0.677. The number of hydrogen-bond acceptors (Lipinski definition) is 5. The highest BCUT2D eigenvalue weighted by Gasteiger charge is 2.31. The molecule has 1 heterocycles. The Labute approximate surface area is 170 Å². The molecule has 0 atom stereocenters. The fourth-order valence-corrected chi connectivity index (χ4v) is 3.73. The molecule has 1 fully saturated rings. The molecule has 9 heteroatoms. The molecule has 1 aliphatic rings. The van der Waals surface area contributed by atoms with Crippen molar-refractivity contribution in [2.24, 2.45) is 5.92 Å². The predicted octanol–water partition coefficient (Wildman–Crippen LogP) is 4.30. The Hall–Kier alpha value is -2.45. The van der Waals surface area contributed by atoms with Crippen molar-refractivity contribution >= 4 is 51.4 Å². The van der Waals surface area contributed by atoms with Crippen molar-refractivity contribution in [2.45, 2.75) is 26.7 Å². The average Bonchev–Trinajstić information content (AvgIpc) is 3.44. The van der Waals surface area contributed by atoms with E-state index in [1.165, 1.54) is 23.5 Å². The van der Waals surface area contributed by atoms with E-state index in [0.717, 1.165) is 23.8 Å². The van der Waals surface area contributed by atoms with E-state index in [9.17, 15) is 18.8 Å². The molecule has 0 unspecified atom stereocenters. The van der Waals surface area contributed by atoms with Crippen LogP contribution in [-0.4, -0.2) is 24.4 Å². The Morgan fingerprint density at radius 2 is 1.96 bits per heavy atom. The molecule has 0 spiro atoms. The number of benzene rings is 1. The van der Waals surface area contributed by atoms with Crippen LogP contribution in [0.15, 0.2) is 18.2 Å². The summed E-state index contributed by atoms with van der Waals surface area (Å²) in [6.45, 7) is 3.07. The first-order valence-electron chi connectivity index (χ1n) is 8.59. The molecule has 2 aromatic rings. The molecule has 3 rings (SSSR count). The van der Waals surface area contributed by atoms with E-state index in [2.05, 4.69) is 10.6 Å². The van der Waals surface area contributed by atoms with Gasteiger partial charge >= 0.3 is 5.97 Å². The summed E-state index contributed by atoms with van der Waals surface area (Å²) in [6, 6.07) is 3.73. The lowest BCUT2D eigenvalue weighted by Crippen LogP contribution is -2.22. The highest BCUT2D eigenvalue weighted by Crippen LogP contribution is 2.36. The first kappa shape index (κ1) is 20.3. The SMILES string of the molecule is Cc1sc(NC(=O)C2CC2)c(C(=O)OCC(=O)Nc2ccc(F)c(Cl)c2)c1C. The van der Waals surface area contributed by atoms with Gasteiger partial charge in [-0.2, -0.15) is 0 Å². The van der Waals surface area contributed by atoms with Gasteiger partial charge in [0.15, 0.2) is 6.61 Å². The van der Waals surface area contributed by atoms with Crippen LogP contribution in [-0.2, 0) is 14.3 Å². The van der Waals surface area contributed by atoms with E-state index in [1.807, 2.05) is 6.92 Å². The van der Waals surface area contributed by atoms with E-state index >= 15 is 0 Å². The number of ether oxygens (including phenoxy) is 1. The number of hydrogen-bond donors (Lipinski definition) is 2. The highest BCUT2D eigenvalue weighted by atomic mass is 35.5. The topological polar surface area (TPSA) is 84.5 Å². The summed E-state index contributed by atoms with van der Waals surface area (Å²) in [7, 11) is 0. The minimum absolute atomic E-state index is 0.0000985. The van der Waals surface area contributed by atoms with E-state index < -0.39 is 24.3 Å². The van der Waals surface area contributed by atoms with Gasteiger partial charge in [0.1, 0.15) is 10.8 Å². The second kappa shape index (κ2) is 8.28. The molecule has 1 aromatic heterocycles. The molecular formula is C19H18ClFN2O4S. The predicted molar refractivity (Wildman–Crippen MR) is 105 cm³/mol. The summed E-state index contributed by atoms with van der Waals surface area (Å²) in [5.74, 6) is -2.00. The summed E-state index contributed by atoms with van der Waals surface area (Å²) in [5, 5.41) is 5.56. The standard InChI is InChI=1S/C19H18ClFN2O4S/c1-9-10(2)28-18(23-17(25)11-3-4-11)16(9)19(26)27-8-15(24)22-12-5-6-14(21)13(20)7-12/h5-7,11H,3-4,8H2,1-2H3,(H,22,24)(H,23,25). The zero-order chi connectivity index (χ0) is 20.4. The van der Waals surface area contributed by atoms with Crippen LogP contribution in [0.4, 0.5) is 15.1 Å². The van der Waals surface area contributed by atoms with Crippen molar-refractivity contribution in [3.05, 3.63) is 45.0 Å². The Morgan fingerprint density at radius 3 is 2.61 bits per heavy atom. The first-order valence-corrected chi connectivity index (χ1v) is 9.78. The van der Waals surface area contributed by atoms with Gasteiger partial charge in [-0.3, -0.25) is 9.59 Å². The molecule has 1 saturated carbocycles. The van der Waals surface area contributed by atoms with Crippen molar-refractivity contribution in [3.63, 3.8) is 0 Å². The largest absolute Gasteiger partial charge is 0.452 e. The number of esters is 1. The fraction of sp³-hybridized carbons (Fsp3) is 0.316. The van der Waals surface area contributed by atoms with Crippen molar-refractivity contribution in [1.29, 1.82) is 0 Å². The zero-order valence-corrected chi connectivity index (χ0v) is 16.8. The lowest BCUT2D eigenvalue weighted by Gasteiger charge is -2.09. The van der Waals surface area contributed by atoms with Crippen LogP contribution in [0.5, 0.6) is 0 Å². The smallest absolute Gasteiger partial charge is 0.341 e. The molecule has 0 aliphatic heterocycles. The van der Waals surface area contributed by atoms with Gasteiger partial charge in [-0.05, 0) is 50.5 Å². The Morgan fingerprint density at radius 1 is 1.25 bits per heavy atom. The molecule has 0 radical (unpaired) electrons. The second-order valence-electron chi connectivity index (χ2n) is 6.50. The van der Waals surface area contributed by atoms with Crippen molar-refractivity contribution in [2.75, 3.05) is 17.2 Å². The molecule has 1 aliphatic carbocycles. The van der Waals surface area contributed by atoms with E-state index in [4.69, 9.17) is 16.3 Å². The molecule has 2 N–H and O–H groups in total. The van der Waals surface area contributed by atoms with Crippen LogP contribution in [0.1, 0.15) is 33.6 Å². The number of halogens is 2. The molecule has 1 aromatic carbocycles. The summed E-state index contributed by atoms with van der Waals surface area (Å²) < 4.78 is 18.3. The number of nitrogens with one attached hydrogen (secondary N) is 2. The Kier molecular flexibility index (Phi) is 6.00. The molecule has 2 amide bonds. The van der Waals surface area contributed by atoms with Crippen LogP contribution in [0.2, 0.25) is 5.02 Å². The molecule has 0 saturated heterocycles. The van der Waals surface area contributed by atoms with Gasteiger partial charge in [0, 0.05) is 16.5 Å². The third-order valence-electron chi connectivity index (χ3n) is 4.31. The lowest BCUT2D eigenvalue weighted by atomic mass is 10.1. The van der Waals surface area contributed by atoms with Crippen LogP contribution >= 0.6 is 22.9 Å². The molecule has 28 heavy (non-hydrogen) atoms. The molecule has 6 nitrogen and oxygen atoms in total. The van der Waals surface area contributed by atoms with E-state index in [1.54, 1.807) is 6.92 Å². The number of anilines is 2. The van der Waals surface area contributed by atoms with Gasteiger partial charge < -0.3 is 15.4 Å². The number of amides is 2. The van der Waals surface area contributed by atoms with Crippen molar-refractivity contribution in [3.8, 4) is 0 Å².